The van der Waals surface area contributed by atoms with Gasteiger partial charge in [0.25, 0.3) is 0 Å². The molecule has 0 aromatic heterocycles. The summed E-state index contributed by atoms with van der Waals surface area (Å²) in [4.78, 5) is 23.8. The van der Waals surface area contributed by atoms with E-state index in [9.17, 15) is 9.59 Å². The van der Waals surface area contributed by atoms with Gasteiger partial charge < -0.3 is 15.7 Å². The van der Waals surface area contributed by atoms with Gasteiger partial charge >= 0.3 is 5.97 Å². The molecule has 1 aliphatic rings. The molecule has 1 atom stereocenters. The van der Waals surface area contributed by atoms with Crippen molar-refractivity contribution in [3.05, 3.63) is 34.9 Å². The molecule has 3 N–H and O–H groups in total. The molecule has 1 aliphatic heterocycles. The summed E-state index contributed by atoms with van der Waals surface area (Å²) in [5.74, 6) is -1.37. The Bertz CT molecular complexity index is 572. The highest BCUT2D eigenvalue weighted by atomic mass is 35.5. The Kier molecular flexibility index (Phi) is 4.29. The highest BCUT2D eigenvalue weighted by Gasteiger charge is 2.29. The molecule has 0 aliphatic carbocycles. The summed E-state index contributed by atoms with van der Waals surface area (Å²) in [6, 6.07) is 4.97. The third-order valence-electron chi connectivity index (χ3n) is 3.30. The van der Waals surface area contributed by atoms with Crippen molar-refractivity contribution >= 4 is 35.2 Å². The Labute approximate surface area is 121 Å². The molecule has 1 amide bonds. The largest absolute Gasteiger partial charge is 0.478 e. The van der Waals surface area contributed by atoms with Gasteiger partial charge in [0.2, 0.25) is 5.91 Å². The zero-order valence-corrected chi connectivity index (χ0v) is 11.5. The number of carbonyl (C=O) groups is 2. The molecule has 0 saturated carbocycles. The molecule has 106 valence electrons. The van der Waals surface area contributed by atoms with Crippen molar-refractivity contribution in [2.45, 2.75) is 18.9 Å². The molecule has 5 nitrogen and oxygen atoms in total. The maximum Gasteiger partial charge on any atom is 0.328 e. The summed E-state index contributed by atoms with van der Waals surface area (Å²) < 4.78 is 0. The number of hydrogen-bond donors (Lipinski definition) is 2. The highest BCUT2D eigenvalue weighted by molar-refractivity contribution is 6.32. The van der Waals surface area contributed by atoms with E-state index in [0.29, 0.717) is 10.6 Å². The van der Waals surface area contributed by atoms with Gasteiger partial charge in [-0.05, 0) is 36.6 Å². The number of carboxylic acids is 1. The Morgan fingerprint density at radius 3 is 2.80 bits per heavy atom. The average Bonchev–Trinajstić information content (AvgIpc) is 2.86. The molecular formula is C14H15ClN2O3. The van der Waals surface area contributed by atoms with Crippen LogP contribution in [0.1, 0.15) is 18.4 Å². The summed E-state index contributed by atoms with van der Waals surface area (Å²) in [7, 11) is 0. The first kappa shape index (κ1) is 14.4. The predicted molar refractivity (Wildman–Crippen MR) is 77.7 cm³/mol. The second-order valence-corrected chi connectivity index (χ2v) is 5.04. The van der Waals surface area contributed by atoms with Gasteiger partial charge in [0, 0.05) is 23.3 Å². The minimum absolute atomic E-state index is 0.300. The van der Waals surface area contributed by atoms with E-state index >= 15 is 0 Å². The van der Waals surface area contributed by atoms with Crippen LogP contribution in [0.2, 0.25) is 5.02 Å². The van der Waals surface area contributed by atoms with Crippen molar-refractivity contribution in [1.29, 1.82) is 0 Å². The fourth-order valence-corrected chi connectivity index (χ4v) is 2.60. The van der Waals surface area contributed by atoms with Crippen LogP contribution in [0, 0.1) is 0 Å². The molecule has 2 rings (SSSR count). The molecule has 0 bridgehead atoms. The molecule has 20 heavy (non-hydrogen) atoms. The number of halogens is 1. The Balaban J connectivity index is 2.25. The minimum atomic E-state index is -1.03. The molecule has 0 radical (unpaired) electrons. The SMILES string of the molecule is NC(=O)C1CCCN1c1ccc(/C=C/C(=O)O)c(Cl)c1. The number of rotatable bonds is 4. The zero-order valence-electron chi connectivity index (χ0n) is 10.8. The van der Waals surface area contributed by atoms with E-state index in [1.165, 1.54) is 6.08 Å². The van der Waals surface area contributed by atoms with Crippen molar-refractivity contribution in [3.8, 4) is 0 Å². The quantitative estimate of drug-likeness (QED) is 0.831. The monoisotopic (exact) mass is 294 g/mol. The molecule has 6 heteroatoms. The fraction of sp³-hybridized carbons (Fsp3) is 0.286. The Hall–Kier alpha value is -2.01. The fourth-order valence-electron chi connectivity index (χ4n) is 2.36. The summed E-state index contributed by atoms with van der Waals surface area (Å²) >= 11 is 6.13. The maximum absolute atomic E-state index is 11.4. The predicted octanol–water partition coefficient (Wildman–Crippen LogP) is 1.89. The van der Waals surface area contributed by atoms with Crippen LogP contribution in [0.25, 0.3) is 6.08 Å². The first-order valence-corrected chi connectivity index (χ1v) is 6.63. The second kappa shape index (κ2) is 5.96. The van der Waals surface area contributed by atoms with E-state index in [-0.39, 0.29) is 11.9 Å². The molecule has 1 heterocycles. The second-order valence-electron chi connectivity index (χ2n) is 4.63. The number of nitrogens with two attached hydrogens (primary N) is 1. The van der Waals surface area contributed by atoms with Crippen molar-refractivity contribution in [2.75, 3.05) is 11.4 Å². The van der Waals surface area contributed by atoms with Crippen LogP contribution in [-0.2, 0) is 9.59 Å². The van der Waals surface area contributed by atoms with Gasteiger partial charge in [-0.1, -0.05) is 17.7 Å². The van der Waals surface area contributed by atoms with Crippen LogP contribution in [-0.4, -0.2) is 29.6 Å². The number of carboxylic acid groups (broad SMARTS) is 1. The summed E-state index contributed by atoms with van der Waals surface area (Å²) in [5, 5.41) is 9.04. The van der Waals surface area contributed by atoms with Crippen LogP contribution in [0.4, 0.5) is 5.69 Å². The van der Waals surface area contributed by atoms with E-state index in [1.54, 1.807) is 12.1 Å². The number of amides is 1. The molecule has 1 aromatic carbocycles. The van der Waals surface area contributed by atoms with E-state index in [4.69, 9.17) is 22.4 Å². The van der Waals surface area contributed by atoms with E-state index in [0.717, 1.165) is 31.1 Å². The van der Waals surface area contributed by atoms with E-state index < -0.39 is 5.97 Å². The van der Waals surface area contributed by atoms with Crippen molar-refractivity contribution in [2.24, 2.45) is 5.73 Å². The molecule has 1 aromatic rings. The topological polar surface area (TPSA) is 83.6 Å². The van der Waals surface area contributed by atoms with Gasteiger partial charge in [-0.3, -0.25) is 4.79 Å². The highest BCUT2D eigenvalue weighted by Crippen LogP contribution is 2.29. The first-order chi connectivity index (χ1) is 9.49. The number of nitrogens with zero attached hydrogens (tertiary/aromatic N) is 1. The van der Waals surface area contributed by atoms with Crippen LogP contribution in [0.15, 0.2) is 24.3 Å². The lowest BCUT2D eigenvalue weighted by Crippen LogP contribution is -2.40. The number of aliphatic carboxylic acids is 1. The van der Waals surface area contributed by atoms with Crippen molar-refractivity contribution < 1.29 is 14.7 Å². The summed E-state index contributed by atoms with van der Waals surface area (Å²) in [6.07, 6.45) is 4.12. The lowest BCUT2D eigenvalue weighted by Gasteiger charge is -2.24. The Morgan fingerprint density at radius 2 is 2.20 bits per heavy atom. The van der Waals surface area contributed by atoms with Gasteiger partial charge in [0.1, 0.15) is 6.04 Å². The number of hydrogen-bond acceptors (Lipinski definition) is 3. The van der Waals surface area contributed by atoms with E-state index in [1.807, 2.05) is 11.0 Å². The van der Waals surface area contributed by atoms with Crippen LogP contribution in [0.5, 0.6) is 0 Å². The minimum Gasteiger partial charge on any atom is -0.478 e. The van der Waals surface area contributed by atoms with Gasteiger partial charge in [0.15, 0.2) is 0 Å². The average molecular weight is 295 g/mol. The molecule has 1 unspecified atom stereocenters. The lowest BCUT2D eigenvalue weighted by atomic mass is 10.1. The van der Waals surface area contributed by atoms with Gasteiger partial charge in [-0.15, -0.1) is 0 Å². The number of carbonyl (C=O) groups excluding carboxylic acids is 1. The normalized spacial score (nSPS) is 18.6. The van der Waals surface area contributed by atoms with Gasteiger partial charge in [-0.2, -0.15) is 0 Å². The van der Waals surface area contributed by atoms with Crippen molar-refractivity contribution in [1.82, 2.24) is 0 Å². The maximum atomic E-state index is 11.4. The lowest BCUT2D eigenvalue weighted by molar-refractivity contribution is -0.131. The Morgan fingerprint density at radius 1 is 1.45 bits per heavy atom. The standard InChI is InChI=1S/C14H15ClN2O3/c15-11-8-10(5-3-9(11)4-6-13(18)19)17-7-1-2-12(17)14(16)20/h3-6,8,12H,1-2,7H2,(H2,16,20)(H,18,19)/b6-4+. The number of primary amides is 1. The molecule has 0 spiro atoms. The van der Waals surface area contributed by atoms with Crippen molar-refractivity contribution in [3.63, 3.8) is 0 Å². The molecular weight excluding hydrogens is 280 g/mol. The summed E-state index contributed by atoms with van der Waals surface area (Å²) in [6.45, 7) is 0.758. The number of benzene rings is 1. The smallest absolute Gasteiger partial charge is 0.328 e. The van der Waals surface area contributed by atoms with Crippen LogP contribution >= 0.6 is 11.6 Å². The third kappa shape index (κ3) is 3.11. The third-order valence-corrected chi connectivity index (χ3v) is 3.63. The number of anilines is 1. The zero-order chi connectivity index (χ0) is 14.7. The van der Waals surface area contributed by atoms with E-state index in [2.05, 4.69) is 0 Å². The van der Waals surface area contributed by atoms with Gasteiger partial charge in [0.05, 0.1) is 0 Å². The first-order valence-electron chi connectivity index (χ1n) is 6.25. The summed E-state index contributed by atoms with van der Waals surface area (Å²) in [5.41, 5.74) is 6.83. The van der Waals surface area contributed by atoms with Gasteiger partial charge in [-0.25, -0.2) is 4.79 Å². The molecule has 1 fully saturated rings. The van der Waals surface area contributed by atoms with Crippen LogP contribution < -0.4 is 10.6 Å². The molecule has 1 saturated heterocycles. The van der Waals surface area contributed by atoms with Crippen LogP contribution in [0.3, 0.4) is 0 Å².